The van der Waals surface area contributed by atoms with E-state index in [0.717, 1.165) is 45.4 Å². The van der Waals surface area contributed by atoms with Gasteiger partial charge in [0.1, 0.15) is 0 Å². The monoisotopic (exact) mass is 288 g/mol. The molecule has 2 aliphatic heterocycles. The summed E-state index contributed by atoms with van der Waals surface area (Å²) in [5.41, 5.74) is 2.12. The molecule has 116 valence electrons. The Kier molecular flexibility index (Phi) is 4.34. The third-order valence-corrected chi connectivity index (χ3v) is 4.99. The molecule has 21 heavy (non-hydrogen) atoms. The number of nitrogens with one attached hydrogen (secondary N) is 1. The van der Waals surface area contributed by atoms with E-state index in [4.69, 9.17) is 0 Å². The van der Waals surface area contributed by atoms with Gasteiger partial charge in [0, 0.05) is 19.6 Å². The lowest BCUT2D eigenvalue weighted by Crippen LogP contribution is -2.53. The number of hydrogen-bond donors (Lipinski definition) is 2. The molecule has 0 spiro atoms. The van der Waals surface area contributed by atoms with Crippen molar-refractivity contribution in [2.75, 3.05) is 26.2 Å². The Hall–Kier alpha value is -0.900. The molecule has 3 nitrogen and oxygen atoms in total. The molecule has 1 unspecified atom stereocenters. The van der Waals surface area contributed by atoms with Gasteiger partial charge in [0.15, 0.2) is 0 Å². The highest BCUT2D eigenvalue weighted by molar-refractivity contribution is 5.34. The van der Waals surface area contributed by atoms with Gasteiger partial charge in [-0.1, -0.05) is 38.1 Å². The smallest absolute Gasteiger partial charge is 0.0866 e. The fourth-order valence-corrected chi connectivity index (χ4v) is 3.91. The van der Waals surface area contributed by atoms with Crippen molar-refractivity contribution in [2.24, 2.45) is 5.92 Å². The Morgan fingerprint density at radius 2 is 2.00 bits per heavy atom. The van der Waals surface area contributed by atoms with Crippen LogP contribution in [0.1, 0.15) is 43.9 Å². The molecule has 0 amide bonds. The van der Waals surface area contributed by atoms with E-state index < -0.39 is 5.60 Å². The number of rotatable bonds is 3. The first-order valence-corrected chi connectivity index (χ1v) is 8.34. The van der Waals surface area contributed by atoms with Crippen molar-refractivity contribution in [3.8, 4) is 0 Å². The van der Waals surface area contributed by atoms with Gasteiger partial charge in [-0.15, -0.1) is 0 Å². The standard InChI is InChI=1S/C18H28N2O/c1-14(2)13-20-11-8-18(21,9-12-20)17-16-6-4-3-5-15(16)7-10-19-17/h3-6,14,17,19,21H,7-13H2,1-2H3. The van der Waals surface area contributed by atoms with Crippen LogP contribution in [0.4, 0.5) is 0 Å². The predicted octanol–water partition coefficient (Wildman–Crippen LogP) is 2.36. The molecule has 0 radical (unpaired) electrons. The maximum absolute atomic E-state index is 11.2. The van der Waals surface area contributed by atoms with E-state index in [1.807, 2.05) is 0 Å². The number of piperidine rings is 1. The van der Waals surface area contributed by atoms with Crippen LogP contribution in [0, 0.1) is 5.92 Å². The summed E-state index contributed by atoms with van der Waals surface area (Å²) in [5.74, 6) is 0.699. The summed E-state index contributed by atoms with van der Waals surface area (Å²) in [5, 5.41) is 14.8. The molecule has 1 saturated heterocycles. The average Bonchev–Trinajstić information content (AvgIpc) is 2.49. The number of benzene rings is 1. The Morgan fingerprint density at radius 1 is 1.29 bits per heavy atom. The summed E-state index contributed by atoms with van der Waals surface area (Å²) in [7, 11) is 0. The lowest BCUT2D eigenvalue weighted by atomic mass is 9.77. The summed E-state index contributed by atoms with van der Waals surface area (Å²) in [6, 6.07) is 8.70. The largest absolute Gasteiger partial charge is 0.388 e. The van der Waals surface area contributed by atoms with Crippen LogP contribution in [0.15, 0.2) is 24.3 Å². The molecule has 3 rings (SSSR count). The third-order valence-electron chi connectivity index (χ3n) is 4.99. The van der Waals surface area contributed by atoms with Gasteiger partial charge in [-0.25, -0.2) is 0 Å². The minimum atomic E-state index is -0.593. The van der Waals surface area contributed by atoms with Gasteiger partial charge in [0.05, 0.1) is 11.6 Å². The fourth-order valence-electron chi connectivity index (χ4n) is 3.91. The molecule has 0 aliphatic carbocycles. The lowest BCUT2D eigenvalue weighted by molar-refractivity contribution is -0.0544. The van der Waals surface area contributed by atoms with E-state index in [1.54, 1.807) is 0 Å². The van der Waals surface area contributed by atoms with Gasteiger partial charge in [0.2, 0.25) is 0 Å². The first-order valence-electron chi connectivity index (χ1n) is 8.34. The molecule has 1 aromatic carbocycles. The first-order chi connectivity index (χ1) is 10.1. The minimum absolute atomic E-state index is 0.101. The van der Waals surface area contributed by atoms with Gasteiger partial charge in [-0.2, -0.15) is 0 Å². The highest BCUT2D eigenvalue weighted by atomic mass is 16.3. The van der Waals surface area contributed by atoms with E-state index in [2.05, 4.69) is 48.3 Å². The van der Waals surface area contributed by atoms with Crippen molar-refractivity contribution < 1.29 is 5.11 Å². The molecule has 1 atom stereocenters. The van der Waals surface area contributed by atoms with Crippen LogP contribution in [-0.4, -0.2) is 41.8 Å². The zero-order valence-electron chi connectivity index (χ0n) is 13.3. The zero-order chi connectivity index (χ0) is 14.9. The van der Waals surface area contributed by atoms with Gasteiger partial charge in [-0.05, 0) is 42.9 Å². The molecule has 2 N–H and O–H groups in total. The highest BCUT2D eigenvalue weighted by Crippen LogP contribution is 2.38. The number of nitrogens with zero attached hydrogens (tertiary/aromatic N) is 1. The Labute approximate surface area is 128 Å². The number of hydrogen-bond acceptors (Lipinski definition) is 3. The Balaban J connectivity index is 1.73. The molecule has 0 bridgehead atoms. The SMILES string of the molecule is CC(C)CN1CCC(O)(C2NCCc3ccccc32)CC1. The van der Waals surface area contributed by atoms with Crippen molar-refractivity contribution in [1.29, 1.82) is 0 Å². The molecule has 1 aromatic rings. The normalized spacial score (nSPS) is 25.8. The van der Waals surface area contributed by atoms with E-state index in [9.17, 15) is 5.11 Å². The molecule has 1 fully saturated rings. The van der Waals surface area contributed by atoms with E-state index in [0.29, 0.717) is 5.92 Å². The zero-order valence-corrected chi connectivity index (χ0v) is 13.3. The molecule has 0 saturated carbocycles. The van der Waals surface area contributed by atoms with Crippen molar-refractivity contribution in [1.82, 2.24) is 10.2 Å². The van der Waals surface area contributed by atoms with Crippen LogP contribution in [-0.2, 0) is 6.42 Å². The van der Waals surface area contributed by atoms with Crippen LogP contribution in [0.25, 0.3) is 0 Å². The van der Waals surface area contributed by atoms with E-state index in [-0.39, 0.29) is 6.04 Å². The molecule has 3 heteroatoms. The summed E-state index contributed by atoms with van der Waals surface area (Å²) < 4.78 is 0. The van der Waals surface area contributed by atoms with Crippen molar-refractivity contribution >= 4 is 0 Å². The van der Waals surface area contributed by atoms with E-state index >= 15 is 0 Å². The minimum Gasteiger partial charge on any atom is -0.388 e. The average molecular weight is 288 g/mol. The number of aliphatic hydroxyl groups is 1. The van der Waals surface area contributed by atoms with Crippen LogP contribution >= 0.6 is 0 Å². The fraction of sp³-hybridized carbons (Fsp3) is 0.667. The summed E-state index contributed by atoms with van der Waals surface area (Å²) in [6.45, 7) is 8.66. The van der Waals surface area contributed by atoms with Gasteiger partial charge in [-0.3, -0.25) is 0 Å². The molecule has 2 heterocycles. The van der Waals surface area contributed by atoms with E-state index in [1.165, 1.54) is 11.1 Å². The van der Waals surface area contributed by atoms with Gasteiger partial charge < -0.3 is 15.3 Å². The van der Waals surface area contributed by atoms with Crippen LogP contribution in [0.3, 0.4) is 0 Å². The molecule has 2 aliphatic rings. The summed E-state index contributed by atoms with van der Waals surface area (Å²) >= 11 is 0. The van der Waals surface area contributed by atoms with Gasteiger partial charge in [0.25, 0.3) is 0 Å². The highest BCUT2D eigenvalue weighted by Gasteiger charge is 2.42. The van der Waals surface area contributed by atoms with Crippen molar-refractivity contribution in [3.05, 3.63) is 35.4 Å². The second-order valence-corrected chi connectivity index (χ2v) is 7.13. The van der Waals surface area contributed by atoms with Crippen LogP contribution < -0.4 is 5.32 Å². The third kappa shape index (κ3) is 3.15. The molecular formula is C18H28N2O. The molecular weight excluding hydrogens is 260 g/mol. The Bertz CT molecular complexity index is 478. The first kappa shape index (κ1) is 15.0. The van der Waals surface area contributed by atoms with Crippen LogP contribution in [0.2, 0.25) is 0 Å². The predicted molar refractivity (Wildman–Crippen MR) is 86.4 cm³/mol. The maximum Gasteiger partial charge on any atom is 0.0866 e. The Morgan fingerprint density at radius 3 is 2.71 bits per heavy atom. The van der Waals surface area contributed by atoms with Crippen molar-refractivity contribution in [2.45, 2.75) is 44.8 Å². The quantitative estimate of drug-likeness (QED) is 0.896. The number of likely N-dealkylation sites (tertiary alicyclic amines) is 1. The number of fused-ring (bicyclic) bond motifs is 1. The van der Waals surface area contributed by atoms with Gasteiger partial charge >= 0.3 is 0 Å². The summed E-state index contributed by atoms with van der Waals surface area (Å²) in [6.07, 6.45) is 2.81. The topological polar surface area (TPSA) is 35.5 Å². The summed E-state index contributed by atoms with van der Waals surface area (Å²) in [4.78, 5) is 2.49. The molecule has 0 aromatic heterocycles. The van der Waals surface area contributed by atoms with Crippen LogP contribution in [0.5, 0.6) is 0 Å². The second kappa shape index (κ2) is 6.07. The second-order valence-electron chi connectivity index (χ2n) is 7.13. The maximum atomic E-state index is 11.2. The van der Waals surface area contributed by atoms with Crippen molar-refractivity contribution in [3.63, 3.8) is 0 Å². The lowest BCUT2D eigenvalue weighted by Gasteiger charge is -2.45.